The van der Waals surface area contributed by atoms with Gasteiger partial charge in [-0.1, -0.05) is 30.3 Å². The summed E-state index contributed by atoms with van der Waals surface area (Å²) in [4.78, 5) is 14.1. The zero-order valence-electron chi connectivity index (χ0n) is 9.73. The second kappa shape index (κ2) is 5.77. The van der Waals surface area contributed by atoms with Crippen molar-refractivity contribution in [3.63, 3.8) is 0 Å². The van der Waals surface area contributed by atoms with Gasteiger partial charge >= 0.3 is 0 Å². The summed E-state index contributed by atoms with van der Waals surface area (Å²) in [6.07, 6.45) is 0. The lowest BCUT2D eigenvalue weighted by Crippen LogP contribution is -2.50. The van der Waals surface area contributed by atoms with Crippen LogP contribution < -0.4 is 16.6 Å². The number of piperazine rings is 1. The first-order valence-corrected chi connectivity index (χ1v) is 5.83. The summed E-state index contributed by atoms with van der Waals surface area (Å²) in [6.45, 7) is 3.52. The molecule has 1 heterocycles. The van der Waals surface area contributed by atoms with Crippen LogP contribution in [0.3, 0.4) is 0 Å². The summed E-state index contributed by atoms with van der Waals surface area (Å²) >= 11 is 0. The van der Waals surface area contributed by atoms with E-state index >= 15 is 0 Å². The van der Waals surface area contributed by atoms with Crippen LogP contribution in [0.1, 0.15) is 11.6 Å². The van der Waals surface area contributed by atoms with Gasteiger partial charge in [-0.2, -0.15) is 0 Å². The van der Waals surface area contributed by atoms with Crippen LogP contribution >= 0.6 is 0 Å². The first-order valence-electron chi connectivity index (χ1n) is 5.83. The maximum atomic E-state index is 11.9. The highest BCUT2D eigenvalue weighted by Gasteiger charge is 2.27. The van der Waals surface area contributed by atoms with E-state index in [1.54, 1.807) is 0 Å². The Kier molecular flexibility index (Phi) is 4.08. The molecule has 0 aliphatic carbocycles. The Morgan fingerprint density at radius 2 is 1.94 bits per heavy atom. The van der Waals surface area contributed by atoms with Crippen molar-refractivity contribution in [3.8, 4) is 0 Å². The monoisotopic (exact) mass is 234 g/mol. The molecular weight excluding hydrogens is 216 g/mol. The third-order valence-corrected chi connectivity index (χ3v) is 3.02. The smallest absolute Gasteiger partial charge is 0.255 e. The molecule has 0 saturated carbocycles. The number of amides is 1. The number of hydrogen-bond donors (Lipinski definition) is 3. The third-order valence-electron chi connectivity index (χ3n) is 3.02. The molecule has 5 heteroatoms. The number of nitrogens with one attached hydrogen (secondary N) is 2. The van der Waals surface area contributed by atoms with Gasteiger partial charge < -0.3 is 5.32 Å². The number of hydrazine groups is 1. The van der Waals surface area contributed by atoms with Gasteiger partial charge in [0.1, 0.15) is 6.04 Å². The van der Waals surface area contributed by atoms with E-state index in [9.17, 15) is 4.79 Å². The van der Waals surface area contributed by atoms with E-state index in [4.69, 9.17) is 5.84 Å². The first kappa shape index (κ1) is 12.0. The van der Waals surface area contributed by atoms with Crippen LogP contribution in [0, 0.1) is 0 Å². The van der Waals surface area contributed by atoms with Crippen molar-refractivity contribution in [1.82, 2.24) is 15.6 Å². The summed E-state index contributed by atoms with van der Waals surface area (Å²) in [5.74, 6) is 5.12. The van der Waals surface area contributed by atoms with Crippen LogP contribution in [0.4, 0.5) is 0 Å². The largest absolute Gasteiger partial charge is 0.314 e. The lowest BCUT2D eigenvalue weighted by atomic mass is 10.0. The molecule has 1 aromatic carbocycles. The highest BCUT2D eigenvalue weighted by molar-refractivity contribution is 5.82. The molecule has 1 aliphatic heterocycles. The highest BCUT2D eigenvalue weighted by Crippen LogP contribution is 2.20. The molecule has 1 fully saturated rings. The number of nitrogens with zero attached hydrogens (tertiary/aromatic N) is 1. The maximum Gasteiger partial charge on any atom is 0.255 e. The van der Waals surface area contributed by atoms with E-state index in [-0.39, 0.29) is 11.9 Å². The van der Waals surface area contributed by atoms with Crippen molar-refractivity contribution in [3.05, 3.63) is 35.9 Å². The molecule has 0 bridgehead atoms. The van der Waals surface area contributed by atoms with Crippen molar-refractivity contribution >= 4 is 5.91 Å². The van der Waals surface area contributed by atoms with Crippen LogP contribution in [0.15, 0.2) is 30.3 Å². The third kappa shape index (κ3) is 2.82. The second-order valence-corrected chi connectivity index (χ2v) is 4.11. The maximum absolute atomic E-state index is 11.9. The van der Waals surface area contributed by atoms with Crippen molar-refractivity contribution in [2.24, 2.45) is 5.84 Å². The average molecular weight is 234 g/mol. The zero-order valence-corrected chi connectivity index (χ0v) is 9.73. The Morgan fingerprint density at radius 1 is 1.29 bits per heavy atom. The van der Waals surface area contributed by atoms with Gasteiger partial charge in [-0.25, -0.2) is 5.84 Å². The van der Waals surface area contributed by atoms with Gasteiger partial charge in [-0.15, -0.1) is 0 Å². The van der Waals surface area contributed by atoms with E-state index in [1.807, 2.05) is 30.3 Å². The number of hydrogen-bond acceptors (Lipinski definition) is 4. The van der Waals surface area contributed by atoms with Crippen molar-refractivity contribution < 1.29 is 4.79 Å². The fraction of sp³-hybridized carbons (Fsp3) is 0.417. The van der Waals surface area contributed by atoms with Crippen LogP contribution in [-0.2, 0) is 4.79 Å². The summed E-state index contributed by atoms with van der Waals surface area (Å²) in [7, 11) is 0. The quantitative estimate of drug-likeness (QED) is 0.379. The number of rotatable bonds is 3. The standard InChI is InChI=1S/C12H18N4O/c13-15-12(17)11(10-4-2-1-3-5-10)16-8-6-14-7-9-16/h1-5,11,14H,6-9,13H2,(H,15,17). The number of carbonyl (C=O) groups excluding carboxylic acids is 1. The molecule has 1 aromatic rings. The molecule has 92 valence electrons. The molecule has 4 N–H and O–H groups in total. The molecule has 0 radical (unpaired) electrons. The van der Waals surface area contributed by atoms with E-state index < -0.39 is 0 Å². The minimum absolute atomic E-state index is 0.155. The molecule has 17 heavy (non-hydrogen) atoms. The molecular formula is C12H18N4O. The summed E-state index contributed by atoms with van der Waals surface area (Å²) in [6, 6.07) is 9.45. The van der Waals surface area contributed by atoms with E-state index in [1.165, 1.54) is 0 Å². The van der Waals surface area contributed by atoms with E-state index in [0.29, 0.717) is 0 Å². The van der Waals surface area contributed by atoms with E-state index in [2.05, 4.69) is 15.6 Å². The topological polar surface area (TPSA) is 70.4 Å². The van der Waals surface area contributed by atoms with Gasteiger partial charge in [-0.05, 0) is 5.56 Å². The SMILES string of the molecule is NNC(=O)C(c1ccccc1)N1CCNCC1. The molecule has 1 amide bonds. The number of benzene rings is 1. The Labute approximate surface area is 101 Å². The molecule has 5 nitrogen and oxygen atoms in total. The minimum atomic E-state index is -0.289. The van der Waals surface area contributed by atoms with Crippen LogP contribution in [0.25, 0.3) is 0 Å². The van der Waals surface area contributed by atoms with Crippen molar-refractivity contribution in [2.75, 3.05) is 26.2 Å². The van der Waals surface area contributed by atoms with Crippen molar-refractivity contribution in [1.29, 1.82) is 0 Å². The molecule has 1 aliphatic rings. The van der Waals surface area contributed by atoms with Crippen LogP contribution in [0.5, 0.6) is 0 Å². The molecule has 2 rings (SSSR count). The fourth-order valence-electron chi connectivity index (χ4n) is 2.18. The van der Waals surface area contributed by atoms with Crippen LogP contribution in [0.2, 0.25) is 0 Å². The number of carbonyl (C=O) groups is 1. The Balaban J connectivity index is 2.21. The normalized spacial score (nSPS) is 18.6. The van der Waals surface area contributed by atoms with Crippen LogP contribution in [-0.4, -0.2) is 37.0 Å². The predicted octanol–water partition coefficient (Wildman–Crippen LogP) is -0.377. The summed E-state index contributed by atoms with van der Waals surface area (Å²) in [5.41, 5.74) is 3.24. The van der Waals surface area contributed by atoms with E-state index in [0.717, 1.165) is 31.7 Å². The van der Waals surface area contributed by atoms with Gasteiger partial charge in [0.05, 0.1) is 0 Å². The van der Waals surface area contributed by atoms with Gasteiger partial charge in [0.25, 0.3) is 5.91 Å². The fourth-order valence-corrected chi connectivity index (χ4v) is 2.18. The van der Waals surface area contributed by atoms with Gasteiger partial charge in [0.15, 0.2) is 0 Å². The predicted molar refractivity (Wildman–Crippen MR) is 66.0 cm³/mol. The van der Waals surface area contributed by atoms with Gasteiger partial charge in [0, 0.05) is 26.2 Å². The Hall–Kier alpha value is -1.43. The summed E-state index contributed by atoms with van der Waals surface area (Å²) in [5, 5.41) is 3.27. The number of nitrogens with two attached hydrogens (primary N) is 1. The molecule has 1 atom stereocenters. The average Bonchev–Trinajstić information content (AvgIpc) is 2.41. The molecule has 1 unspecified atom stereocenters. The van der Waals surface area contributed by atoms with Gasteiger partial charge in [0.2, 0.25) is 0 Å². The summed E-state index contributed by atoms with van der Waals surface area (Å²) < 4.78 is 0. The Morgan fingerprint density at radius 3 is 2.53 bits per heavy atom. The van der Waals surface area contributed by atoms with Gasteiger partial charge in [-0.3, -0.25) is 15.1 Å². The molecule has 0 spiro atoms. The first-order chi connectivity index (χ1) is 8.33. The minimum Gasteiger partial charge on any atom is -0.314 e. The second-order valence-electron chi connectivity index (χ2n) is 4.11. The molecule has 1 saturated heterocycles. The Bertz CT molecular complexity index is 362. The lowest BCUT2D eigenvalue weighted by molar-refractivity contribution is -0.127. The van der Waals surface area contributed by atoms with Crippen molar-refractivity contribution in [2.45, 2.75) is 6.04 Å². The zero-order chi connectivity index (χ0) is 12.1. The molecule has 0 aromatic heterocycles. The highest BCUT2D eigenvalue weighted by atomic mass is 16.2. The lowest BCUT2D eigenvalue weighted by Gasteiger charge is -2.33.